The number of aromatic carboxylic acids is 1. The molecule has 2 aliphatic heterocycles. The third kappa shape index (κ3) is 3.97. The number of piperidine rings is 1. The predicted octanol–water partition coefficient (Wildman–Crippen LogP) is 5.05. The van der Waals surface area contributed by atoms with E-state index in [2.05, 4.69) is 20.9 Å². The number of likely N-dealkylation sites (tertiary alicyclic amines) is 1. The molecule has 1 amide bonds. The van der Waals surface area contributed by atoms with Crippen molar-refractivity contribution in [3.63, 3.8) is 0 Å². The number of carbonyl (C=O) groups is 2. The lowest BCUT2D eigenvalue weighted by Gasteiger charge is -2.38. The van der Waals surface area contributed by atoms with E-state index in [1.807, 2.05) is 59.5 Å². The number of pyridine rings is 2. The molecule has 6 rings (SSSR count). The third-order valence-corrected chi connectivity index (χ3v) is 7.62. The number of hydrogen-bond acceptors (Lipinski definition) is 5. The van der Waals surface area contributed by atoms with E-state index in [9.17, 15) is 14.7 Å². The number of amides is 1. The Hall–Kier alpha value is -4.36. The van der Waals surface area contributed by atoms with Crippen molar-refractivity contribution in [2.45, 2.75) is 24.8 Å². The summed E-state index contributed by atoms with van der Waals surface area (Å²) in [4.78, 5) is 38.2. The Morgan fingerprint density at radius 3 is 2.30 bits per heavy atom. The largest absolute Gasteiger partial charge is 0.478 e. The first kappa shape index (κ1) is 23.1. The van der Waals surface area contributed by atoms with E-state index in [0.29, 0.717) is 38.2 Å². The van der Waals surface area contributed by atoms with Crippen molar-refractivity contribution in [3.8, 4) is 11.1 Å². The summed E-state index contributed by atoms with van der Waals surface area (Å²) in [6, 6.07) is 23.4. The van der Waals surface area contributed by atoms with Gasteiger partial charge in [0, 0.05) is 30.8 Å². The van der Waals surface area contributed by atoms with Gasteiger partial charge in [0.15, 0.2) is 0 Å². The molecule has 0 unspecified atom stereocenters. The van der Waals surface area contributed by atoms with Crippen LogP contribution in [0, 0.1) is 0 Å². The van der Waals surface area contributed by atoms with Gasteiger partial charge in [0.1, 0.15) is 0 Å². The highest BCUT2D eigenvalue weighted by atomic mass is 16.4. The number of rotatable bonds is 5. The summed E-state index contributed by atoms with van der Waals surface area (Å²) in [7, 11) is 0. The van der Waals surface area contributed by atoms with Crippen LogP contribution in [0.15, 0.2) is 91.4 Å². The topological polar surface area (TPSA) is 86.6 Å². The van der Waals surface area contributed by atoms with Crippen molar-refractivity contribution in [2.75, 3.05) is 18.0 Å². The maximum atomic E-state index is 14.1. The van der Waals surface area contributed by atoms with Gasteiger partial charge in [0.2, 0.25) is 5.91 Å². The summed E-state index contributed by atoms with van der Waals surface area (Å²) in [5.74, 6) is -0.865. The van der Waals surface area contributed by atoms with Crippen LogP contribution in [0.3, 0.4) is 0 Å². The minimum absolute atomic E-state index is 0.106. The minimum atomic E-state index is -0.970. The molecule has 4 aromatic rings. The molecule has 0 bridgehead atoms. The molecule has 2 aromatic carbocycles. The van der Waals surface area contributed by atoms with Crippen molar-refractivity contribution in [2.24, 2.45) is 0 Å². The van der Waals surface area contributed by atoms with Crippen molar-refractivity contribution in [1.29, 1.82) is 0 Å². The lowest BCUT2D eigenvalue weighted by molar-refractivity contribution is -0.124. The van der Waals surface area contributed by atoms with Gasteiger partial charge in [-0.05, 0) is 85.1 Å². The molecule has 1 N–H and O–H groups in total. The molecule has 184 valence electrons. The molecule has 7 heteroatoms. The zero-order chi connectivity index (χ0) is 25.4. The van der Waals surface area contributed by atoms with Crippen LogP contribution >= 0.6 is 0 Å². The van der Waals surface area contributed by atoms with Crippen LogP contribution in [0.5, 0.6) is 0 Å². The van der Waals surface area contributed by atoms with Gasteiger partial charge < -0.3 is 5.11 Å². The monoisotopic (exact) mass is 490 g/mol. The molecular weight excluding hydrogens is 464 g/mol. The Balaban J connectivity index is 1.26. The van der Waals surface area contributed by atoms with E-state index in [0.717, 1.165) is 28.1 Å². The number of hydrogen-bond donors (Lipinski definition) is 1. The van der Waals surface area contributed by atoms with Crippen molar-refractivity contribution in [1.82, 2.24) is 14.9 Å². The number of para-hydroxylation sites is 1. The summed E-state index contributed by atoms with van der Waals surface area (Å²) in [5.41, 5.74) is 5.22. The smallest absolute Gasteiger partial charge is 0.337 e. The number of fused-ring (bicyclic) bond motifs is 2. The SMILES string of the molecule is O=C(O)c1cccnc1CN1CCC2(CC1)C(=O)N(c1ccc(-c3ccncc3)cc1)c1ccccc12. The van der Waals surface area contributed by atoms with E-state index >= 15 is 0 Å². The van der Waals surface area contributed by atoms with E-state index in [4.69, 9.17) is 0 Å². The molecule has 0 radical (unpaired) electrons. The molecule has 4 heterocycles. The van der Waals surface area contributed by atoms with Crippen LogP contribution in [0.25, 0.3) is 11.1 Å². The average molecular weight is 491 g/mol. The maximum absolute atomic E-state index is 14.1. The lowest BCUT2D eigenvalue weighted by atomic mass is 9.73. The van der Waals surface area contributed by atoms with Crippen LogP contribution in [0.2, 0.25) is 0 Å². The molecule has 2 aliphatic rings. The molecule has 0 saturated carbocycles. The molecule has 1 fully saturated rings. The van der Waals surface area contributed by atoms with E-state index in [-0.39, 0.29) is 11.5 Å². The second-order valence-corrected chi connectivity index (χ2v) is 9.60. The fraction of sp³-hybridized carbons (Fsp3) is 0.200. The second-order valence-electron chi connectivity index (χ2n) is 9.60. The molecular formula is C30H26N4O3. The summed E-state index contributed by atoms with van der Waals surface area (Å²) in [6.07, 6.45) is 6.51. The Morgan fingerprint density at radius 1 is 0.865 bits per heavy atom. The number of benzene rings is 2. The van der Waals surface area contributed by atoms with Gasteiger partial charge in [-0.3, -0.25) is 24.6 Å². The summed E-state index contributed by atoms with van der Waals surface area (Å²) >= 11 is 0. The number of anilines is 2. The first-order chi connectivity index (χ1) is 18.1. The zero-order valence-electron chi connectivity index (χ0n) is 20.2. The Kier molecular flexibility index (Phi) is 5.77. The summed E-state index contributed by atoms with van der Waals surface area (Å²) in [5, 5.41) is 9.51. The second kappa shape index (κ2) is 9.26. The van der Waals surface area contributed by atoms with Crippen molar-refractivity contribution >= 4 is 23.3 Å². The number of carboxylic acid groups (broad SMARTS) is 1. The maximum Gasteiger partial charge on any atom is 0.337 e. The molecule has 2 aromatic heterocycles. The van der Waals surface area contributed by atoms with Gasteiger partial charge >= 0.3 is 5.97 Å². The minimum Gasteiger partial charge on any atom is -0.478 e. The van der Waals surface area contributed by atoms with Crippen LogP contribution < -0.4 is 4.90 Å². The van der Waals surface area contributed by atoms with Crippen molar-refractivity contribution in [3.05, 3.63) is 108 Å². The highest BCUT2D eigenvalue weighted by Crippen LogP contribution is 2.50. The number of carbonyl (C=O) groups excluding carboxylic acids is 1. The lowest BCUT2D eigenvalue weighted by Crippen LogP contribution is -2.47. The third-order valence-electron chi connectivity index (χ3n) is 7.62. The first-order valence-electron chi connectivity index (χ1n) is 12.4. The highest BCUT2D eigenvalue weighted by Gasteiger charge is 2.52. The van der Waals surface area contributed by atoms with Gasteiger partial charge in [-0.1, -0.05) is 30.3 Å². The number of carboxylic acids is 1. The van der Waals surface area contributed by atoms with E-state index < -0.39 is 11.4 Å². The zero-order valence-corrected chi connectivity index (χ0v) is 20.2. The van der Waals surface area contributed by atoms with E-state index in [1.165, 1.54) is 0 Å². The number of nitrogens with zero attached hydrogens (tertiary/aromatic N) is 4. The normalized spacial score (nSPS) is 16.6. The van der Waals surface area contributed by atoms with Gasteiger partial charge in [-0.15, -0.1) is 0 Å². The molecule has 37 heavy (non-hydrogen) atoms. The standard InChI is InChI=1S/C30H26N4O3/c35-28(36)24-4-3-15-32-26(24)20-33-18-13-30(14-19-33)25-5-1-2-6-27(25)34(29(30)37)23-9-7-21(8-10-23)22-11-16-31-17-12-22/h1-12,15-17H,13-14,18-20H2,(H,35,36). The molecule has 7 nitrogen and oxygen atoms in total. The quantitative estimate of drug-likeness (QED) is 0.421. The Bertz CT molecular complexity index is 1460. The fourth-order valence-corrected chi connectivity index (χ4v) is 5.66. The summed E-state index contributed by atoms with van der Waals surface area (Å²) < 4.78 is 0. The van der Waals surface area contributed by atoms with Crippen LogP contribution in [-0.2, 0) is 16.8 Å². The fourth-order valence-electron chi connectivity index (χ4n) is 5.66. The molecule has 0 atom stereocenters. The number of aromatic nitrogens is 2. The van der Waals surface area contributed by atoms with Gasteiger partial charge in [0.25, 0.3) is 0 Å². The molecule has 0 aliphatic carbocycles. The summed E-state index contributed by atoms with van der Waals surface area (Å²) in [6.45, 7) is 1.82. The van der Waals surface area contributed by atoms with Gasteiger partial charge in [-0.2, -0.15) is 0 Å². The van der Waals surface area contributed by atoms with Crippen molar-refractivity contribution < 1.29 is 14.7 Å². The molecule has 1 saturated heterocycles. The van der Waals surface area contributed by atoms with Crippen LogP contribution in [0.4, 0.5) is 11.4 Å². The average Bonchev–Trinajstić information content (AvgIpc) is 3.18. The predicted molar refractivity (Wildman–Crippen MR) is 141 cm³/mol. The van der Waals surface area contributed by atoms with Crippen LogP contribution in [-0.4, -0.2) is 44.9 Å². The Morgan fingerprint density at radius 2 is 1.57 bits per heavy atom. The van der Waals surface area contributed by atoms with E-state index in [1.54, 1.807) is 30.7 Å². The van der Waals surface area contributed by atoms with Gasteiger partial charge in [-0.25, -0.2) is 4.79 Å². The molecule has 1 spiro atoms. The highest BCUT2D eigenvalue weighted by molar-refractivity contribution is 6.13. The first-order valence-corrected chi connectivity index (χ1v) is 12.4. The Labute approximate surface area is 215 Å². The van der Waals surface area contributed by atoms with Gasteiger partial charge in [0.05, 0.1) is 22.4 Å². The van der Waals surface area contributed by atoms with Crippen LogP contribution in [0.1, 0.15) is 34.5 Å².